The first-order valence-corrected chi connectivity index (χ1v) is 10.2. The van der Waals surface area contributed by atoms with Gasteiger partial charge in [0.2, 0.25) is 0 Å². The van der Waals surface area contributed by atoms with Gasteiger partial charge in [0.1, 0.15) is 0 Å². The Morgan fingerprint density at radius 1 is 1.41 bits per heavy atom. The smallest absolute Gasteiger partial charge is 0.308 e. The SMILES string of the molecule is COC(=O)C[C@H]1CC[C@H]2[C@@H](COC[C@H](O)CN2S(=O)(=O)c2cn(C)cn2)O1. The summed E-state index contributed by atoms with van der Waals surface area (Å²) >= 11 is 0. The quantitative estimate of drug-likeness (QED) is 0.654. The number of rotatable bonds is 4. The molecule has 2 saturated heterocycles. The average molecular weight is 403 g/mol. The molecule has 3 rings (SSSR count). The van der Waals surface area contributed by atoms with Crippen molar-refractivity contribution in [1.29, 1.82) is 0 Å². The van der Waals surface area contributed by atoms with Crippen molar-refractivity contribution in [1.82, 2.24) is 13.9 Å². The number of aryl methyl sites for hydroxylation is 1. The van der Waals surface area contributed by atoms with Gasteiger partial charge < -0.3 is 23.9 Å². The molecule has 10 nitrogen and oxygen atoms in total. The van der Waals surface area contributed by atoms with E-state index in [1.54, 1.807) is 11.6 Å². The summed E-state index contributed by atoms with van der Waals surface area (Å²) in [6, 6.07) is -0.513. The highest BCUT2D eigenvalue weighted by molar-refractivity contribution is 7.89. The summed E-state index contributed by atoms with van der Waals surface area (Å²) in [5, 5.41) is 10.1. The van der Waals surface area contributed by atoms with Crippen LogP contribution in [0.4, 0.5) is 0 Å². The second-order valence-corrected chi connectivity index (χ2v) is 8.70. The van der Waals surface area contributed by atoms with Gasteiger partial charge in [0.15, 0.2) is 5.03 Å². The minimum absolute atomic E-state index is 0.00247. The third-order valence-electron chi connectivity index (χ3n) is 4.81. The number of fused-ring (bicyclic) bond motifs is 1. The van der Waals surface area contributed by atoms with Crippen molar-refractivity contribution < 1.29 is 32.5 Å². The van der Waals surface area contributed by atoms with Crippen molar-refractivity contribution in [3.05, 3.63) is 12.5 Å². The second-order valence-electron chi connectivity index (χ2n) is 6.86. The number of sulfonamides is 1. The lowest BCUT2D eigenvalue weighted by Crippen LogP contribution is -2.57. The van der Waals surface area contributed by atoms with E-state index in [2.05, 4.69) is 9.72 Å². The van der Waals surface area contributed by atoms with Crippen LogP contribution in [0, 0.1) is 0 Å². The summed E-state index contributed by atoms with van der Waals surface area (Å²) in [6.07, 6.45) is 2.08. The third kappa shape index (κ3) is 4.49. The molecule has 2 aliphatic rings. The third-order valence-corrected chi connectivity index (χ3v) is 6.59. The lowest BCUT2D eigenvalue weighted by atomic mass is 9.96. The van der Waals surface area contributed by atoms with Crippen LogP contribution in [0.3, 0.4) is 0 Å². The highest BCUT2D eigenvalue weighted by Crippen LogP contribution is 2.31. The van der Waals surface area contributed by atoms with Crippen LogP contribution in [-0.2, 0) is 36.1 Å². The normalized spacial score (nSPS) is 30.2. The predicted molar refractivity (Wildman–Crippen MR) is 92.2 cm³/mol. The Kier molecular flexibility index (Phi) is 6.16. The van der Waals surface area contributed by atoms with Crippen LogP contribution < -0.4 is 0 Å². The van der Waals surface area contributed by atoms with Gasteiger partial charge in [-0.2, -0.15) is 4.31 Å². The number of ether oxygens (including phenoxy) is 3. The Balaban J connectivity index is 1.84. The van der Waals surface area contributed by atoms with E-state index in [1.807, 2.05) is 0 Å². The molecule has 0 aliphatic carbocycles. The zero-order valence-electron chi connectivity index (χ0n) is 15.4. The number of nitrogens with zero attached hydrogens (tertiary/aromatic N) is 3. The number of imidazole rings is 1. The monoisotopic (exact) mass is 403 g/mol. The molecular weight excluding hydrogens is 378 g/mol. The van der Waals surface area contributed by atoms with Crippen LogP contribution in [-0.4, -0.2) is 84.6 Å². The molecule has 3 heterocycles. The number of methoxy groups -OCH3 is 1. The molecule has 1 N–H and O–H groups in total. The zero-order chi connectivity index (χ0) is 19.6. The Hall–Kier alpha value is -1.53. The molecule has 0 unspecified atom stereocenters. The minimum atomic E-state index is -3.92. The van der Waals surface area contributed by atoms with E-state index in [1.165, 1.54) is 23.9 Å². The van der Waals surface area contributed by atoms with Gasteiger partial charge in [-0.1, -0.05) is 0 Å². The van der Waals surface area contributed by atoms with E-state index >= 15 is 0 Å². The molecule has 2 aliphatic heterocycles. The van der Waals surface area contributed by atoms with Gasteiger partial charge in [0.05, 0.1) is 57.4 Å². The molecule has 4 atom stereocenters. The Morgan fingerprint density at radius 3 is 2.85 bits per heavy atom. The Bertz CT molecular complexity index is 766. The molecule has 1 aromatic rings. The van der Waals surface area contributed by atoms with E-state index in [0.29, 0.717) is 12.8 Å². The van der Waals surface area contributed by atoms with Crippen molar-refractivity contribution in [2.45, 2.75) is 48.6 Å². The maximum Gasteiger partial charge on any atom is 0.308 e. The minimum Gasteiger partial charge on any atom is -0.469 e. The second kappa shape index (κ2) is 8.23. The largest absolute Gasteiger partial charge is 0.469 e. The Labute approximate surface area is 158 Å². The number of hydrogen-bond donors (Lipinski definition) is 1. The molecule has 0 amide bonds. The van der Waals surface area contributed by atoms with E-state index < -0.39 is 28.3 Å². The van der Waals surface area contributed by atoms with Crippen LogP contribution in [0.15, 0.2) is 17.6 Å². The van der Waals surface area contributed by atoms with Crippen LogP contribution in [0.5, 0.6) is 0 Å². The summed E-state index contributed by atoms with van der Waals surface area (Å²) in [7, 11) is -0.913. The molecule has 2 fully saturated rings. The standard InChI is InChI=1S/C16H25N3O7S/c1-18-7-15(17-10-18)27(22,23)19-6-11(20)8-25-9-14-13(19)4-3-12(26-14)5-16(21)24-2/h7,10-14,20H,3-6,8-9H2,1-2H3/t11-,12-,13+,14-/m1/s1. The van der Waals surface area contributed by atoms with Crippen LogP contribution in [0.25, 0.3) is 0 Å². The zero-order valence-corrected chi connectivity index (χ0v) is 16.2. The summed E-state index contributed by atoms with van der Waals surface area (Å²) in [4.78, 5) is 15.5. The van der Waals surface area contributed by atoms with Crippen molar-refractivity contribution >= 4 is 16.0 Å². The molecule has 1 aromatic heterocycles. The summed E-state index contributed by atoms with van der Waals surface area (Å²) < 4.78 is 45.2. The highest BCUT2D eigenvalue weighted by Gasteiger charge is 2.43. The van der Waals surface area contributed by atoms with E-state index in [0.717, 1.165) is 0 Å². The number of aliphatic hydroxyl groups excluding tert-OH is 1. The maximum absolute atomic E-state index is 13.1. The van der Waals surface area contributed by atoms with Crippen molar-refractivity contribution in [3.8, 4) is 0 Å². The number of carbonyl (C=O) groups excluding carboxylic acids is 1. The molecule has 0 aromatic carbocycles. The average Bonchev–Trinajstić information content (AvgIpc) is 3.06. The van der Waals surface area contributed by atoms with Crippen LogP contribution >= 0.6 is 0 Å². The predicted octanol–water partition coefficient (Wildman–Crippen LogP) is -0.719. The van der Waals surface area contributed by atoms with Crippen LogP contribution in [0.1, 0.15) is 19.3 Å². The van der Waals surface area contributed by atoms with Crippen molar-refractivity contribution in [3.63, 3.8) is 0 Å². The first-order valence-electron chi connectivity index (χ1n) is 8.79. The number of β-amino-alcohol motifs (C(OH)–C–C–N with tert-alkyl or cyclic N) is 1. The summed E-state index contributed by atoms with van der Waals surface area (Å²) in [6.45, 7) is 0.0290. The van der Waals surface area contributed by atoms with E-state index in [9.17, 15) is 18.3 Å². The fourth-order valence-corrected chi connectivity index (χ4v) is 5.17. The molecule has 152 valence electrons. The van der Waals surface area contributed by atoms with E-state index in [-0.39, 0.29) is 43.3 Å². The molecule has 11 heteroatoms. The first kappa shape index (κ1) is 20.2. The van der Waals surface area contributed by atoms with Gasteiger partial charge in [-0.05, 0) is 12.8 Å². The number of carbonyl (C=O) groups is 1. The first-order chi connectivity index (χ1) is 12.8. The molecule has 27 heavy (non-hydrogen) atoms. The lowest BCUT2D eigenvalue weighted by Gasteiger charge is -2.43. The molecular formula is C16H25N3O7S. The van der Waals surface area contributed by atoms with Crippen molar-refractivity contribution in [2.24, 2.45) is 7.05 Å². The molecule has 0 radical (unpaired) electrons. The van der Waals surface area contributed by atoms with Gasteiger partial charge in [-0.15, -0.1) is 0 Å². The topological polar surface area (TPSA) is 120 Å². The van der Waals surface area contributed by atoms with Gasteiger partial charge in [-0.3, -0.25) is 4.79 Å². The fourth-order valence-electron chi connectivity index (χ4n) is 3.48. The highest BCUT2D eigenvalue weighted by atomic mass is 32.2. The Morgan fingerprint density at radius 2 is 2.19 bits per heavy atom. The molecule has 0 spiro atoms. The molecule has 0 saturated carbocycles. The maximum atomic E-state index is 13.1. The summed E-state index contributed by atoms with van der Waals surface area (Å²) in [5.74, 6) is -0.376. The van der Waals surface area contributed by atoms with Gasteiger partial charge in [-0.25, -0.2) is 13.4 Å². The number of hydrogen-bond acceptors (Lipinski definition) is 8. The number of aromatic nitrogens is 2. The fraction of sp³-hybridized carbons (Fsp3) is 0.750. The van der Waals surface area contributed by atoms with E-state index in [4.69, 9.17) is 9.47 Å². The van der Waals surface area contributed by atoms with Gasteiger partial charge in [0.25, 0.3) is 10.0 Å². The van der Waals surface area contributed by atoms with Gasteiger partial charge in [0, 0.05) is 19.8 Å². The van der Waals surface area contributed by atoms with Crippen molar-refractivity contribution in [2.75, 3.05) is 26.9 Å². The number of esters is 1. The summed E-state index contributed by atoms with van der Waals surface area (Å²) in [5.41, 5.74) is 0. The van der Waals surface area contributed by atoms with Gasteiger partial charge >= 0.3 is 5.97 Å². The van der Waals surface area contributed by atoms with Crippen LogP contribution in [0.2, 0.25) is 0 Å². The lowest BCUT2D eigenvalue weighted by molar-refractivity contribution is -0.157. The molecule has 0 bridgehead atoms. The number of aliphatic hydroxyl groups is 1.